The van der Waals surface area contributed by atoms with Crippen molar-refractivity contribution in [2.45, 2.75) is 0 Å². The van der Waals surface area contributed by atoms with Gasteiger partial charge in [0.25, 0.3) is 0 Å². The molecule has 5 heteroatoms. The van der Waals surface area contributed by atoms with E-state index in [1.165, 1.54) is 14.2 Å². The van der Waals surface area contributed by atoms with Crippen molar-refractivity contribution in [1.29, 1.82) is 0 Å². The van der Waals surface area contributed by atoms with Crippen LogP contribution in [-0.4, -0.2) is 43.2 Å². The molecule has 0 aromatic rings. The van der Waals surface area contributed by atoms with Crippen LogP contribution < -0.4 is 0 Å². The van der Waals surface area contributed by atoms with Gasteiger partial charge in [0.1, 0.15) is 17.9 Å². The van der Waals surface area contributed by atoms with Gasteiger partial charge in [-0.25, -0.2) is 4.79 Å². The van der Waals surface area contributed by atoms with Crippen LogP contribution in [0.25, 0.3) is 0 Å². The minimum absolute atomic E-state index is 0.131. The number of aliphatic hydroxyl groups is 1. The molecule has 0 aliphatic rings. The van der Waals surface area contributed by atoms with Crippen LogP contribution in [0.4, 0.5) is 0 Å². The van der Waals surface area contributed by atoms with Crippen LogP contribution >= 0.6 is 0 Å². The number of carboxylic acid groups (broad SMARTS) is 1. The third-order valence-electron chi connectivity index (χ3n) is 1.08. The number of nitrogens with zero attached hydrogens (tertiary/aromatic N) is 1. The van der Waals surface area contributed by atoms with Crippen LogP contribution in [0.2, 0.25) is 0 Å². The van der Waals surface area contributed by atoms with Crippen LogP contribution in [0.3, 0.4) is 0 Å². The third kappa shape index (κ3) is 3.16. The number of ether oxygens (including phenoxy) is 1. The van der Waals surface area contributed by atoms with Gasteiger partial charge in [-0.15, -0.1) is 0 Å². The Balaban J connectivity index is 4.67. The van der Waals surface area contributed by atoms with E-state index in [4.69, 9.17) is 10.2 Å². The number of aliphatic imine (C=N–C) groups is 1. The lowest BCUT2D eigenvalue weighted by Gasteiger charge is -2.00. The standard InChI is InChI=1S/C7H11NO4/c1-8-3-5(7(10)11)6(9)4-12-2/h3,9H,4H2,1-2H3,(H,10,11). The molecule has 68 valence electrons. The quantitative estimate of drug-likeness (QED) is 0.362. The molecule has 0 saturated carbocycles. The van der Waals surface area contributed by atoms with Gasteiger partial charge >= 0.3 is 5.97 Å². The van der Waals surface area contributed by atoms with Crippen LogP contribution in [0.1, 0.15) is 0 Å². The molecular formula is C7H11NO4. The highest BCUT2D eigenvalue weighted by molar-refractivity contribution is 6.08. The summed E-state index contributed by atoms with van der Waals surface area (Å²) in [5.74, 6) is -1.56. The molecule has 0 aromatic heterocycles. The number of aliphatic hydroxyl groups excluding tert-OH is 1. The summed E-state index contributed by atoms with van der Waals surface area (Å²) in [4.78, 5) is 13.9. The van der Waals surface area contributed by atoms with Gasteiger partial charge in [-0.2, -0.15) is 0 Å². The minimum Gasteiger partial charge on any atom is -0.509 e. The lowest BCUT2D eigenvalue weighted by molar-refractivity contribution is -0.132. The fourth-order valence-electron chi connectivity index (χ4n) is 0.597. The van der Waals surface area contributed by atoms with Crippen molar-refractivity contribution in [3.63, 3.8) is 0 Å². The van der Waals surface area contributed by atoms with Crippen molar-refractivity contribution in [2.75, 3.05) is 20.8 Å². The van der Waals surface area contributed by atoms with E-state index in [2.05, 4.69) is 9.73 Å². The lowest BCUT2D eigenvalue weighted by atomic mass is 10.2. The summed E-state index contributed by atoms with van der Waals surface area (Å²) >= 11 is 0. The van der Waals surface area contributed by atoms with Gasteiger partial charge in [0.05, 0.1) is 0 Å². The molecule has 0 saturated heterocycles. The number of hydrogen-bond acceptors (Lipinski definition) is 4. The van der Waals surface area contributed by atoms with Crippen molar-refractivity contribution in [1.82, 2.24) is 0 Å². The molecule has 0 rings (SSSR count). The maximum absolute atomic E-state index is 10.4. The molecule has 2 N–H and O–H groups in total. The second kappa shape index (κ2) is 5.31. The highest BCUT2D eigenvalue weighted by Gasteiger charge is 2.10. The van der Waals surface area contributed by atoms with Crippen LogP contribution in [0.15, 0.2) is 16.3 Å². The van der Waals surface area contributed by atoms with Crippen molar-refractivity contribution in [3.05, 3.63) is 11.3 Å². The Kier molecular flexibility index (Phi) is 4.71. The summed E-state index contributed by atoms with van der Waals surface area (Å²) in [6, 6.07) is 0. The van der Waals surface area contributed by atoms with Crippen LogP contribution in [-0.2, 0) is 9.53 Å². The number of aliphatic carboxylic acids is 1. The average Bonchev–Trinajstić information content (AvgIpc) is 1.99. The summed E-state index contributed by atoms with van der Waals surface area (Å²) in [6.45, 7) is -0.131. The Labute approximate surface area is 70.0 Å². The Morgan fingerprint density at radius 3 is 2.50 bits per heavy atom. The first kappa shape index (κ1) is 10.6. The van der Waals surface area contributed by atoms with Crippen molar-refractivity contribution < 1.29 is 19.7 Å². The topological polar surface area (TPSA) is 79.1 Å². The Hall–Kier alpha value is -1.36. The minimum atomic E-state index is -1.23. The number of methoxy groups -OCH3 is 1. The zero-order chi connectivity index (χ0) is 9.56. The van der Waals surface area contributed by atoms with Gasteiger partial charge in [0.15, 0.2) is 0 Å². The average molecular weight is 173 g/mol. The first-order valence-electron chi connectivity index (χ1n) is 3.20. The Morgan fingerprint density at radius 2 is 2.17 bits per heavy atom. The van der Waals surface area contributed by atoms with E-state index < -0.39 is 5.97 Å². The SMILES string of the molecule is CN=CC(C(=O)O)=C(O)COC. The third-order valence-corrected chi connectivity index (χ3v) is 1.08. The molecule has 0 aliphatic heterocycles. The molecule has 0 bridgehead atoms. The second-order valence-corrected chi connectivity index (χ2v) is 1.99. The van der Waals surface area contributed by atoms with E-state index in [9.17, 15) is 4.79 Å². The monoisotopic (exact) mass is 173 g/mol. The van der Waals surface area contributed by atoms with Crippen molar-refractivity contribution in [2.24, 2.45) is 4.99 Å². The Bertz CT molecular complexity index is 219. The van der Waals surface area contributed by atoms with Crippen LogP contribution in [0, 0.1) is 0 Å². The maximum Gasteiger partial charge on any atom is 0.340 e. The number of carbonyl (C=O) groups is 1. The fourth-order valence-corrected chi connectivity index (χ4v) is 0.597. The fraction of sp³-hybridized carbons (Fsp3) is 0.429. The molecule has 5 nitrogen and oxygen atoms in total. The number of hydrogen-bond donors (Lipinski definition) is 2. The van der Waals surface area contributed by atoms with Gasteiger partial charge in [-0.05, 0) is 0 Å². The molecular weight excluding hydrogens is 162 g/mol. The van der Waals surface area contributed by atoms with Crippen LogP contribution in [0.5, 0.6) is 0 Å². The van der Waals surface area contributed by atoms with Gasteiger partial charge < -0.3 is 14.9 Å². The van der Waals surface area contributed by atoms with Gasteiger partial charge in [-0.1, -0.05) is 0 Å². The van der Waals surface area contributed by atoms with Crippen molar-refractivity contribution >= 4 is 12.2 Å². The lowest BCUT2D eigenvalue weighted by Crippen LogP contribution is -2.09. The number of carboxylic acids is 1. The first-order valence-corrected chi connectivity index (χ1v) is 3.20. The van der Waals surface area contributed by atoms with E-state index in [1.54, 1.807) is 0 Å². The molecule has 0 atom stereocenters. The first-order chi connectivity index (χ1) is 5.63. The summed E-state index contributed by atoms with van der Waals surface area (Å²) in [7, 11) is 2.78. The smallest absolute Gasteiger partial charge is 0.340 e. The van der Waals surface area contributed by atoms with E-state index in [0.29, 0.717) is 0 Å². The molecule has 0 amide bonds. The molecule has 0 fully saturated rings. The van der Waals surface area contributed by atoms with Gasteiger partial charge in [0.2, 0.25) is 0 Å². The summed E-state index contributed by atoms with van der Waals surface area (Å²) in [5.41, 5.74) is -0.251. The highest BCUT2D eigenvalue weighted by atomic mass is 16.5. The second-order valence-electron chi connectivity index (χ2n) is 1.99. The van der Waals surface area contributed by atoms with Gasteiger partial charge in [-0.3, -0.25) is 4.99 Å². The maximum atomic E-state index is 10.4. The van der Waals surface area contributed by atoms with E-state index in [-0.39, 0.29) is 17.9 Å². The molecule has 0 unspecified atom stereocenters. The molecule has 12 heavy (non-hydrogen) atoms. The van der Waals surface area contributed by atoms with Crippen molar-refractivity contribution in [3.8, 4) is 0 Å². The normalized spacial score (nSPS) is 13.2. The van der Waals surface area contributed by atoms with E-state index >= 15 is 0 Å². The highest BCUT2D eigenvalue weighted by Crippen LogP contribution is 1.99. The zero-order valence-corrected chi connectivity index (χ0v) is 6.94. The zero-order valence-electron chi connectivity index (χ0n) is 6.94. The number of rotatable bonds is 4. The Morgan fingerprint density at radius 1 is 1.58 bits per heavy atom. The predicted molar refractivity (Wildman–Crippen MR) is 43.6 cm³/mol. The van der Waals surface area contributed by atoms with Gasteiger partial charge in [0, 0.05) is 20.4 Å². The summed E-state index contributed by atoms with van der Waals surface area (Å²) in [6.07, 6.45) is 1.07. The molecule has 0 radical (unpaired) electrons. The predicted octanol–water partition coefficient (Wildman–Crippen LogP) is 0.230. The summed E-state index contributed by atoms with van der Waals surface area (Å²) in [5, 5.41) is 17.6. The molecule has 0 heterocycles. The molecule has 0 aliphatic carbocycles. The molecule has 0 aromatic carbocycles. The van der Waals surface area contributed by atoms with E-state index in [0.717, 1.165) is 6.21 Å². The van der Waals surface area contributed by atoms with E-state index in [1.807, 2.05) is 0 Å². The summed E-state index contributed by atoms with van der Waals surface area (Å²) < 4.78 is 4.55. The molecule has 0 spiro atoms. The largest absolute Gasteiger partial charge is 0.509 e.